The predicted molar refractivity (Wildman–Crippen MR) is 85.2 cm³/mol. The quantitative estimate of drug-likeness (QED) is 0.851. The Morgan fingerprint density at radius 1 is 1.36 bits per heavy atom. The van der Waals surface area contributed by atoms with Crippen molar-refractivity contribution >= 4 is 27.8 Å². The van der Waals surface area contributed by atoms with Crippen LogP contribution < -0.4 is 5.32 Å². The number of aliphatic carboxylic acids is 1. The summed E-state index contributed by atoms with van der Waals surface area (Å²) in [5, 5.41) is 15.6. The maximum absolute atomic E-state index is 12.2. The van der Waals surface area contributed by atoms with Gasteiger partial charge in [0.15, 0.2) is 0 Å². The first-order valence-corrected chi connectivity index (χ1v) is 7.59. The molecule has 116 valence electrons. The van der Waals surface area contributed by atoms with Crippen molar-refractivity contribution in [3.63, 3.8) is 0 Å². The third kappa shape index (κ3) is 3.36. The number of carboxylic acid groups (broad SMARTS) is 1. The van der Waals surface area contributed by atoms with Gasteiger partial charge >= 0.3 is 5.97 Å². The van der Waals surface area contributed by atoms with Crippen molar-refractivity contribution < 1.29 is 14.7 Å². The molecule has 7 heteroatoms. The average molecular weight is 366 g/mol. The number of nitrogens with one attached hydrogen (secondary N) is 1. The number of rotatable bonds is 5. The first kappa shape index (κ1) is 16.2. The van der Waals surface area contributed by atoms with Crippen LogP contribution in [0.2, 0.25) is 0 Å². The third-order valence-electron chi connectivity index (χ3n) is 3.24. The van der Waals surface area contributed by atoms with Gasteiger partial charge < -0.3 is 10.4 Å². The van der Waals surface area contributed by atoms with Gasteiger partial charge in [0.25, 0.3) is 5.91 Å². The molecule has 1 atom stereocenters. The molecule has 0 saturated carbocycles. The zero-order valence-corrected chi connectivity index (χ0v) is 13.8. The molecule has 0 aliphatic carbocycles. The number of halogens is 1. The summed E-state index contributed by atoms with van der Waals surface area (Å²) in [6.07, 6.45) is 2.06. The number of carbonyl (C=O) groups is 2. The van der Waals surface area contributed by atoms with Gasteiger partial charge in [-0.1, -0.05) is 22.9 Å². The number of carbonyl (C=O) groups excluding carboxylic acids is 1. The lowest BCUT2D eigenvalue weighted by molar-refractivity contribution is -0.138. The van der Waals surface area contributed by atoms with Crippen molar-refractivity contribution in [3.05, 3.63) is 46.2 Å². The van der Waals surface area contributed by atoms with Crippen molar-refractivity contribution in [2.24, 2.45) is 0 Å². The SMILES string of the molecule is CCc1c(C(=O)N[C@H](C)C(=O)O)cnn1-c1ccc(Br)cc1. The fourth-order valence-electron chi connectivity index (χ4n) is 2.04. The van der Waals surface area contributed by atoms with Gasteiger partial charge in [0.2, 0.25) is 0 Å². The van der Waals surface area contributed by atoms with E-state index in [2.05, 4.69) is 26.3 Å². The fraction of sp³-hybridized carbons (Fsp3) is 0.267. The summed E-state index contributed by atoms with van der Waals surface area (Å²) >= 11 is 3.37. The lowest BCUT2D eigenvalue weighted by atomic mass is 10.1. The summed E-state index contributed by atoms with van der Waals surface area (Å²) in [4.78, 5) is 23.0. The van der Waals surface area contributed by atoms with E-state index in [4.69, 9.17) is 5.11 Å². The fourth-order valence-corrected chi connectivity index (χ4v) is 2.31. The van der Waals surface area contributed by atoms with Crippen LogP contribution in [0.5, 0.6) is 0 Å². The molecule has 1 heterocycles. The standard InChI is InChI=1S/C15H16BrN3O3/c1-3-13-12(14(20)18-9(2)15(21)22)8-17-19(13)11-6-4-10(16)5-7-11/h4-9H,3H2,1-2H3,(H,18,20)(H,21,22)/t9-/m1/s1. The minimum atomic E-state index is -1.08. The van der Waals surface area contributed by atoms with Crippen molar-refractivity contribution in [1.29, 1.82) is 0 Å². The lowest BCUT2D eigenvalue weighted by Crippen LogP contribution is -2.38. The van der Waals surface area contributed by atoms with E-state index in [0.717, 1.165) is 15.9 Å². The van der Waals surface area contributed by atoms with Gasteiger partial charge in [0.05, 0.1) is 23.1 Å². The Balaban J connectivity index is 2.33. The van der Waals surface area contributed by atoms with E-state index in [1.165, 1.54) is 13.1 Å². The van der Waals surface area contributed by atoms with Gasteiger partial charge in [0, 0.05) is 4.47 Å². The maximum Gasteiger partial charge on any atom is 0.325 e. The molecule has 0 aliphatic rings. The predicted octanol–water partition coefficient (Wildman–Crippen LogP) is 2.40. The number of benzene rings is 1. The van der Waals surface area contributed by atoms with Crippen molar-refractivity contribution in [3.8, 4) is 5.69 Å². The summed E-state index contributed by atoms with van der Waals surface area (Å²) < 4.78 is 2.64. The molecule has 1 aromatic heterocycles. The van der Waals surface area contributed by atoms with Crippen LogP contribution in [0.1, 0.15) is 29.9 Å². The van der Waals surface area contributed by atoms with Crippen LogP contribution in [0.15, 0.2) is 34.9 Å². The van der Waals surface area contributed by atoms with Gasteiger partial charge in [-0.15, -0.1) is 0 Å². The van der Waals surface area contributed by atoms with Crippen LogP contribution in [0.3, 0.4) is 0 Å². The summed E-state index contributed by atoms with van der Waals surface area (Å²) in [5.41, 5.74) is 1.96. The van der Waals surface area contributed by atoms with E-state index >= 15 is 0 Å². The van der Waals surface area contributed by atoms with E-state index in [9.17, 15) is 9.59 Å². The van der Waals surface area contributed by atoms with Crippen molar-refractivity contribution in [2.45, 2.75) is 26.3 Å². The first-order valence-electron chi connectivity index (χ1n) is 6.80. The number of carboxylic acids is 1. The van der Waals surface area contributed by atoms with Gasteiger partial charge in [-0.3, -0.25) is 9.59 Å². The van der Waals surface area contributed by atoms with Crippen LogP contribution in [-0.4, -0.2) is 32.8 Å². The molecule has 1 amide bonds. The normalized spacial score (nSPS) is 12.0. The smallest absolute Gasteiger partial charge is 0.325 e. The second-order valence-electron chi connectivity index (χ2n) is 4.78. The second kappa shape index (κ2) is 6.74. The van der Waals surface area contributed by atoms with Gasteiger partial charge in [0.1, 0.15) is 6.04 Å². The number of amides is 1. The molecule has 0 spiro atoms. The largest absolute Gasteiger partial charge is 0.480 e. The van der Waals surface area contributed by atoms with Crippen LogP contribution in [0, 0.1) is 0 Å². The number of hydrogen-bond acceptors (Lipinski definition) is 3. The molecular formula is C15H16BrN3O3. The summed E-state index contributed by atoms with van der Waals surface area (Å²) in [6, 6.07) is 6.61. The topological polar surface area (TPSA) is 84.2 Å². The minimum Gasteiger partial charge on any atom is -0.480 e. The first-order chi connectivity index (χ1) is 10.4. The summed E-state index contributed by atoms with van der Waals surface area (Å²) in [6.45, 7) is 3.34. The lowest BCUT2D eigenvalue weighted by Gasteiger charge is -2.10. The van der Waals surface area contributed by atoms with E-state index in [0.29, 0.717) is 12.0 Å². The number of nitrogens with zero attached hydrogens (tertiary/aromatic N) is 2. The summed E-state index contributed by atoms with van der Waals surface area (Å²) in [5.74, 6) is -1.51. The molecule has 0 radical (unpaired) electrons. The van der Waals surface area contributed by atoms with Crippen molar-refractivity contribution in [1.82, 2.24) is 15.1 Å². The minimum absolute atomic E-state index is 0.388. The van der Waals surface area contributed by atoms with E-state index in [1.54, 1.807) is 4.68 Å². The Morgan fingerprint density at radius 3 is 2.55 bits per heavy atom. The Hall–Kier alpha value is -2.15. The molecule has 2 rings (SSSR count). The molecule has 6 nitrogen and oxygen atoms in total. The van der Waals surface area contributed by atoms with Crippen LogP contribution in [-0.2, 0) is 11.2 Å². The Kier molecular flexibility index (Phi) is 4.97. The molecule has 0 saturated heterocycles. The van der Waals surface area contributed by atoms with E-state index in [1.807, 2.05) is 31.2 Å². The molecule has 0 bridgehead atoms. The molecule has 1 aromatic carbocycles. The maximum atomic E-state index is 12.2. The average Bonchev–Trinajstić information content (AvgIpc) is 2.91. The Bertz CT molecular complexity index is 695. The summed E-state index contributed by atoms with van der Waals surface area (Å²) in [7, 11) is 0. The van der Waals surface area contributed by atoms with Crippen LogP contribution in [0.25, 0.3) is 5.69 Å². The Labute approximate surface area is 136 Å². The number of hydrogen-bond donors (Lipinski definition) is 2. The van der Waals surface area contributed by atoms with Crippen molar-refractivity contribution in [2.75, 3.05) is 0 Å². The van der Waals surface area contributed by atoms with Crippen LogP contribution in [0.4, 0.5) is 0 Å². The van der Waals surface area contributed by atoms with E-state index < -0.39 is 17.9 Å². The monoisotopic (exact) mass is 365 g/mol. The number of aromatic nitrogens is 2. The molecular weight excluding hydrogens is 350 g/mol. The van der Waals surface area contributed by atoms with Crippen LogP contribution >= 0.6 is 15.9 Å². The molecule has 0 aliphatic heterocycles. The van der Waals surface area contributed by atoms with E-state index in [-0.39, 0.29) is 0 Å². The second-order valence-corrected chi connectivity index (χ2v) is 5.70. The van der Waals surface area contributed by atoms with Gasteiger partial charge in [-0.25, -0.2) is 4.68 Å². The molecule has 0 unspecified atom stereocenters. The Morgan fingerprint density at radius 2 is 2.00 bits per heavy atom. The molecule has 2 N–H and O–H groups in total. The molecule has 22 heavy (non-hydrogen) atoms. The highest BCUT2D eigenvalue weighted by atomic mass is 79.9. The zero-order chi connectivity index (χ0) is 16.3. The third-order valence-corrected chi connectivity index (χ3v) is 3.77. The molecule has 2 aromatic rings. The highest BCUT2D eigenvalue weighted by Crippen LogP contribution is 2.18. The highest BCUT2D eigenvalue weighted by molar-refractivity contribution is 9.10. The van der Waals surface area contributed by atoms with Gasteiger partial charge in [-0.2, -0.15) is 5.10 Å². The zero-order valence-electron chi connectivity index (χ0n) is 12.2. The highest BCUT2D eigenvalue weighted by Gasteiger charge is 2.20. The van der Waals surface area contributed by atoms with Gasteiger partial charge in [-0.05, 0) is 37.6 Å². The molecule has 0 fully saturated rings.